The highest BCUT2D eigenvalue weighted by Gasteiger charge is 2.13. The van der Waals surface area contributed by atoms with Crippen molar-refractivity contribution in [3.05, 3.63) is 34.9 Å². The van der Waals surface area contributed by atoms with Crippen molar-refractivity contribution in [3.8, 4) is 0 Å². The van der Waals surface area contributed by atoms with E-state index in [-0.39, 0.29) is 0 Å². The monoisotopic (exact) mass is 225 g/mol. The molecule has 0 heterocycles. The lowest BCUT2D eigenvalue weighted by Gasteiger charge is -2.23. The Bertz CT molecular complexity index is 309. The molecule has 0 aliphatic carbocycles. The molecule has 1 aromatic rings. The maximum Gasteiger partial charge on any atom is 0.0453 e. The van der Waals surface area contributed by atoms with Gasteiger partial charge >= 0.3 is 0 Å². The van der Waals surface area contributed by atoms with Crippen molar-refractivity contribution < 1.29 is 0 Å². The van der Waals surface area contributed by atoms with Gasteiger partial charge in [-0.25, -0.2) is 0 Å². The van der Waals surface area contributed by atoms with Gasteiger partial charge < -0.3 is 5.32 Å². The third kappa shape index (κ3) is 3.51. The molecule has 1 N–H and O–H groups in total. The number of rotatable bonds is 4. The fourth-order valence-corrected chi connectivity index (χ4v) is 1.80. The Morgan fingerprint density at radius 1 is 1.07 bits per heavy atom. The minimum absolute atomic E-state index is 0.302. The molecule has 1 unspecified atom stereocenters. The van der Waals surface area contributed by atoms with Gasteiger partial charge in [0.05, 0.1) is 0 Å². The van der Waals surface area contributed by atoms with E-state index < -0.39 is 0 Å². The molecule has 2 heteroatoms. The highest BCUT2D eigenvalue weighted by Crippen LogP contribution is 2.23. The SMILES string of the molecule is CC(C)C(C)N[C@H](C)c1ccccc1Cl. The summed E-state index contributed by atoms with van der Waals surface area (Å²) >= 11 is 6.14. The third-order valence-corrected chi connectivity index (χ3v) is 3.23. The van der Waals surface area contributed by atoms with Gasteiger partial charge in [-0.05, 0) is 31.4 Å². The summed E-state index contributed by atoms with van der Waals surface area (Å²) in [4.78, 5) is 0. The normalized spacial score (nSPS) is 15.3. The van der Waals surface area contributed by atoms with Gasteiger partial charge in [-0.15, -0.1) is 0 Å². The van der Waals surface area contributed by atoms with Crippen molar-refractivity contribution in [1.29, 1.82) is 0 Å². The second-order valence-electron chi connectivity index (χ2n) is 4.44. The van der Waals surface area contributed by atoms with Crippen LogP contribution in [-0.4, -0.2) is 6.04 Å². The average Bonchev–Trinajstić information content (AvgIpc) is 2.18. The summed E-state index contributed by atoms with van der Waals surface area (Å²) in [5.41, 5.74) is 1.17. The molecule has 0 spiro atoms. The van der Waals surface area contributed by atoms with Crippen LogP contribution in [0.2, 0.25) is 5.02 Å². The molecule has 0 fully saturated rings. The molecule has 2 atom stereocenters. The Labute approximate surface area is 97.8 Å². The third-order valence-electron chi connectivity index (χ3n) is 2.88. The standard InChI is InChI=1S/C13H20ClN/c1-9(2)10(3)15-11(4)12-7-5-6-8-13(12)14/h5-11,15H,1-4H3/t10?,11-/m1/s1. The van der Waals surface area contributed by atoms with E-state index >= 15 is 0 Å². The van der Waals surface area contributed by atoms with Crippen molar-refractivity contribution in [2.24, 2.45) is 5.92 Å². The highest BCUT2D eigenvalue weighted by molar-refractivity contribution is 6.31. The molecule has 15 heavy (non-hydrogen) atoms. The number of hydrogen-bond donors (Lipinski definition) is 1. The van der Waals surface area contributed by atoms with Gasteiger partial charge in [0, 0.05) is 17.1 Å². The van der Waals surface area contributed by atoms with E-state index in [4.69, 9.17) is 11.6 Å². The highest BCUT2D eigenvalue weighted by atomic mass is 35.5. The fourth-order valence-electron chi connectivity index (χ4n) is 1.50. The van der Waals surface area contributed by atoms with E-state index in [9.17, 15) is 0 Å². The fraction of sp³-hybridized carbons (Fsp3) is 0.538. The van der Waals surface area contributed by atoms with Gasteiger partial charge in [-0.3, -0.25) is 0 Å². The molecule has 1 aromatic carbocycles. The van der Waals surface area contributed by atoms with Crippen LogP contribution in [0.5, 0.6) is 0 Å². The molecule has 0 saturated heterocycles. The lowest BCUT2D eigenvalue weighted by Crippen LogP contribution is -2.33. The van der Waals surface area contributed by atoms with Gasteiger partial charge in [0.2, 0.25) is 0 Å². The van der Waals surface area contributed by atoms with E-state index in [1.165, 1.54) is 5.56 Å². The van der Waals surface area contributed by atoms with Crippen LogP contribution in [0, 0.1) is 5.92 Å². The molecule has 0 saturated carbocycles. The Balaban J connectivity index is 2.69. The van der Waals surface area contributed by atoms with Crippen LogP contribution in [0.15, 0.2) is 24.3 Å². The Hall–Kier alpha value is -0.530. The number of halogens is 1. The smallest absolute Gasteiger partial charge is 0.0453 e. The van der Waals surface area contributed by atoms with E-state index in [1.54, 1.807) is 0 Å². The first kappa shape index (κ1) is 12.5. The summed E-state index contributed by atoms with van der Waals surface area (Å²) in [6.45, 7) is 8.80. The quantitative estimate of drug-likeness (QED) is 0.816. The molecular formula is C13H20ClN. The van der Waals surface area contributed by atoms with Crippen LogP contribution in [0.25, 0.3) is 0 Å². The number of benzene rings is 1. The summed E-state index contributed by atoms with van der Waals surface area (Å²) in [5, 5.41) is 4.39. The molecule has 0 amide bonds. The summed E-state index contributed by atoms with van der Waals surface area (Å²) in [5.74, 6) is 0.634. The molecule has 0 aliphatic rings. The maximum atomic E-state index is 6.14. The van der Waals surface area contributed by atoms with Crippen molar-refractivity contribution in [2.75, 3.05) is 0 Å². The summed E-state index contributed by atoms with van der Waals surface area (Å²) in [6.07, 6.45) is 0. The second kappa shape index (κ2) is 5.53. The van der Waals surface area contributed by atoms with Gasteiger partial charge in [0.1, 0.15) is 0 Å². The van der Waals surface area contributed by atoms with Crippen molar-refractivity contribution in [2.45, 2.75) is 39.8 Å². The first-order valence-electron chi connectivity index (χ1n) is 5.53. The number of nitrogens with one attached hydrogen (secondary N) is 1. The molecular weight excluding hydrogens is 206 g/mol. The first-order chi connectivity index (χ1) is 7.02. The average molecular weight is 226 g/mol. The molecule has 1 nitrogen and oxygen atoms in total. The van der Waals surface area contributed by atoms with Crippen molar-refractivity contribution in [1.82, 2.24) is 5.32 Å². The summed E-state index contributed by atoms with van der Waals surface area (Å²) < 4.78 is 0. The van der Waals surface area contributed by atoms with Gasteiger partial charge in [-0.1, -0.05) is 43.6 Å². The van der Waals surface area contributed by atoms with Gasteiger partial charge in [0.25, 0.3) is 0 Å². The van der Waals surface area contributed by atoms with Crippen molar-refractivity contribution in [3.63, 3.8) is 0 Å². The van der Waals surface area contributed by atoms with Crippen LogP contribution in [0.1, 0.15) is 39.3 Å². The van der Waals surface area contributed by atoms with E-state index in [0.29, 0.717) is 18.0 Å². The zero-order chi connectivity index (χ0) is 11.4. The first-order valence-corrected chi connectivity index (χ1v) is 5.90. The molecule has 0 radical (unpaired) electrons. The van der Waals surface area contributed by atoms with Crippen LogP contribution in [0.3, 0.4) is 0 Å². The minimum atomic E-state index is 0.302. The van der Waals surface area contributed by atoms with Gasteiger partial charge in [-0.2, -0.15) is 0 Å². The zero-order valence-corrected chi connectivity index (χ0v) is 10.7. The van der Waals surface area contributed by atoms with Crippen LogP contribution >= 0.6 is 11.6 Å². The largest absolute Gasteiger partial charge is 0.307 e. The maximum absolute atomic E-state index is 6.14. The topological polar surface area (TPSA) is 12.0 Å². The summed E-state index contributed by atoms with van der Waals surface area (Å²) in [6, 6.07) is 8.80. The minimum Gasteiger partial charge on any atom is -0.307 e. The predicted molar refractivity (Wildman–Crippen MR) is 67.3 cm³/mol. The van der Waals surface area contributed by atoms with Crippen LogP contribution in [0.4, 0.5) is 0 Å². The molecule has 1 rings (SSSR count). The van der Waals surface area contributed by atoms with E-state index in [0.717, 1.165) is 5.02 Å². The summed E-state index contributed by atoms with van der Waals surface area (Å²) in [7, 11) is 0. The van der Waals surface area contributed by atoms with E-state index in [1.807, 2.05) is 18.2 Å². The van der Waals surface area contributed by atoms with Gasteiger partial charge in [0.15, 0.2) is 0 Å². The second-order valence-corrected chi connectivity index (χ2v) is 4.85. The van der Waals surface area contributed by atoms with Crippen LogP contribution < -0.4 is 5.32 Å². The van der Waals surface area contributed by atoms with Crippen LogP contribution in [-0.2, 0) is 0 Å². The zero-order valence-electron chi connectivity index (χ0n) is 9.92. The van der Waals surface area contributed by atoms with Crippen molar-refractivity contribution >= 4 is 11.6 Å². The Morgan fingerprint density at radius 3 is 2.20 bits per heavy atom. The molecule has 0 bridgehead atoms. The Kier molecular flexibility index (Phi) is 4.62. The lowest BCUT2D eigenvalue weighted by molar-refractivity contribution is 0.389. The molecule has 0 aliphatic heterocycles. The van der Waals surface area contributed by atoms with E-state index in [2.05, 4.69) is 39.1 Å². The Morgan fingerprint density at radius 2 is 1.67 bits per heavy atom. The predicted octanol–water partition coefficient (Wildman–Crippen LogP) is 4.04. The lowest BCUT2D eigenvalue weighted by atomic mass is 10.0. The number of hydrogen-bond acceptors (Lipinski definition) is 1. The molecule has 84 valence electrons. The molecule has 0 aromatic heterocycles.